The molecule has 0 heterocycles. The van der Waals surface area contributed by atoms with Crippen LogP contribution in [0.3, 0.4) is 0 Å². The highest BCUT2D eigenvalue weighted by atomic mass is 32.2. The van der Waals surface area contributed by atoms with Gasteiger partial charge in [0.15, 0.2) is 0 Å². The molecule has 0 aliphatic carbocycles. The van der Waals surface area contributed by atoms with Gasteiger partial charge in [-0.05, 0) is 29.8 Å². The molecule has 0 saturated heterocycles. The summed E-state index contributed by atoms with van der Waals surface area (Å²) in [5, 5.41) is 8.91. The quantitative estimate of drug-likeness (QED) is 0.767. The van der Waals surface area contributed by atoms with E-state index in [1.54, 1.807) is 18.2 Å². The van der Waals surface area contributed by atoms with Crippen LogP contribution in [0.2, 0.25) is 0 Å². The van der Waals surface area contributed by atoms with E-state index in [1.807, 2.05) is 12.1 Å². The first-order chi connectivity index (χ1) is 9.43. The van der Waals surface area contributed by atoms with Crippen LogP contribution in [0.25, 0.3) is 0 Å². The van der Waals surface area contributed by atoms with Crippen molar-refractivity contribution in [3.63, 3.8) is 0 Å². The number of hydrogen-bond acceptors (Lipinski definition) is 4. The summed E-state index contributed by atoms with van der Waals surface area (Å²) in [5.74, 6) is 0.327. The van der Waals surface area contributed by atoms with Crippen LogP contribution < -0.4 is 5.73 Å². The van der Waals surface area contributed by atoms with Crippen LogP contribution in [0.5, 0.6) is 5.75 Å². The highest BCUT2D eigenvalue weighted by molar-refractivity contribution is 7.85. The third-order valence-electron chi connectivity index (χ3n) is 2.43. The van der Waals surface area contributed by atoms with Crippen LogP contribution in [0.4, 0.5) is 0 Å². The lowest BCUT2D eigenvalue weighted by Crippen LogP contribution is -2.51. The maximum atomic E-state index is 10.3. The van der Waals surface area contributed by atoms with Crippen LogP contribution in [0, 0.1) is 0 Å². The number of phenolic OH excluding ortho intramolecular Hbond substituents is 1. The van der Waals surface area contributed by atoms with Crippen LogP contribution in [0.1, 0.15) is 5.56 Å². The van der Waals surface area contributed by atoms with Gasteiger partial charge >= 0.3 is 0 Å². The topological polar surface area (TPSA) is 137 Å². The number of quaternary nitrogens is 1. The van der Waals surface area contributed by atoms with Gasteiger partial charge in [0.1, 0.15) is 15.9 Å². The predicted octanol–water partition coefficient (Wildman–Crippen LogP) is -0.0574. The molecule has 0 aliphatic heterocycles. The zero-order valence-electron chi connectivity index (χ0n) is 11.4. The van der Waals surface area contributed by atoms with Crippen molar-refractivity contribution in [3.05, 3.63) is 60.2 Å². The Balaban J connectivity index is 0.000000364. The van der Waals surface area contributed by atoms with Crippen molar-refractivity contribution < 1.29 is 29.3 Å². The summed E-state index contributed by atoms with van der Waals surface area (Å²) < 4.78 is 30.8. The Morgan fingerprint density at radius 3 is 1.90 bits per heavy atom. The van der Waals surface area contributed by atoms with Crippen molar-refractivity contribution in [3.8, 4) is 5.75 Å². The van der Waals surface area contributed by atoms with Gasteiger partial charge in [0.2, 0.25) is 0 Å². The average molecular weight is 313 g/mol. The fourth-order valence-electron chi connectivity index (χ4n) is 1.45. The van der Waals surface area contributed by atoms with Crippen LogP contribution in [0.15, 0.2) is 59.5 Å². The molecule has 0 aromatic heterocycles. The molecule has 0 fully saturated rings. The molecule has 0 unspecified atom stereocenters. The summed E-state index contributed by atoms with van der Waals surface area (Å²) in [6, 6.07) is 14.4. The second kappa shape index (κ2) is 9.09. The lowest BCUT2D eigenvalue weighted by atomic mass is 10.1. The normalized spacial score (nSPS) is 10.0. The van der Waals surface area contributed by atoms with Gasteiger partial charge in [-0.2, -0.15) is 0 Å². The van der Waals surface area contributed by atoms with Gasteiger partial charge < -0.3 is 20.9 Å². The summed E-state index contributed by atoms with van der Waals surface area (Å²) in [6.45, 7) is 0.908. The van der Waals surface area contributed by atoms with E-state index in [-0.39, 0.29) is 10.4 Å². The summed E-state index contributed by atoms with van der Waals surface area (Å²) >= 11 is 0. The minimum atomic E-state index is -4.25. The molecule has 2 aromatic carbocycles. The summed E-state index contributed by atoms with van der Waals surface area (Å²) in [5.41, 5.74) is 4.97. The Labute approximate surface area is 123 Å². The van der Waals surface area contributed by atoms with Crippen molar-refractivity contribution >= 4 is 10.1 Å². The molecular weight excluding hydrogens is 294 g/mol. The molecular formula is C14H19NO5S. The number of benzene rings is 2. The third-order valence-corrected chi connectivity index (χ3v) is 3.28. The van der Waals surface area contributed by atoms with E-state index in [0.29, 0.717) is 5.75 Å². The standard InChI is InChI=1S/C8H11NO.C6H6O3S.H2O/c9-6-5-7-1-3-8(10)4-2-7;7-10(8,9)6-4-2-1-3-5-6;/h1-4,10H,5-6,9H2;1-5H,(H,7,8,9);1H2. The molecule has 21 heavy (non-hydrogen) atoms. The smallest absolute Gasteiger partial charge is 0.124 e. The first-order valence-corrected chi connectivity index (χ1v) is 7.42. The second-order valence-corrected chi connectivity index (χ2v) is 5.42. The molecule has 6 nitrogen and oxygen atoms in total. The van der Waals surface area contributed by atoms with Gasteiger partial charge in [-0.25, -0.2) is 8.42 Å². The molecule has 0 spiro atoms. The predicted molar refractivity (Wildman–Crippen MR) is 77.6 cm³/mol. The Bertz CT molecular complexity index is 612. The molecule has 2 aromatic rings. The molecule has 0 saturated carbocycles. The van der Waals surface area contributed by atoms with Gasteiger partial charge in [0.05, 0.1) is 11.4 Å². The molecule has 7 heteroatoms. The molecule has 0 aliphatic rings. The molecule has 0 bridgehead atoms. The molecule has 2 rings (SSSR count). The first kappa shape index (κ1) is 19.1. The van der Waals surface area contributed by atoms with Crippen LogP contribution in [-0.2, 0) is 16.5 Å². The van der Waals surface area contributed by atoms with Crippen molar-refractivity contribution in [1.29, 1.82) is 0 Å². The van der Waals surface area contributed by atoms with Crippen LogP contribution in [-0.4, -0.2) is 30.1 Å². The van der Waals surface area contributed by atoms with Crippen LogP contribution >= 0.6 is 0 Å². The van der Waals surface area contributed by atoms with Crippen molar-refractivity contribution in [2.45, 2.75) is 11.3 Å². The lowest BCUT2D eigenvalue weighted by molar-refractivity contribution is -0.366. The van der Waals surface area contributed by atoms with E-state index in [4.69, 9.17) is 5.11 Å². The van der Waals surface area contributed by atoms with E-state index < -0.39 is 10.1 Å². The van der Waals surface area contributed by atoms with E-state index in [9.17, 15) is 13.0 Å². The highest BCUT2D eigenvalue weighted by Gasteiger charge is 1.95. The van der Waals surface area contributed by atoms with Gasteiger partial charge in [0, 0.05) is 6.42 Å². The Morgan fingerprint density at radius 2 is 1.52 bits per heavy atom. The number of rotatable bonds is 3. The maximum absolute atomic E-state index is 10.3. The van der Waals surface area contributed by atoms with E-state index in [1.165, 1.54) is 29.8 Å². The van der Waals surface area contributed by atoms with Gasteiger partial charge in [-0.1, -0.05) is 30.3 Å². The molecule has 0 radical (unpaired) electrons. The lowest BCUT2D eigenvalue weighted by Gasteiger charge is -2.04. The van der Waals surface area contributed by atoms with Crippen molar-refractivity contribution in [1.82, 2.24) is 0 Å². The van der Waals surface area contributed by atoms with Gasteiger partial charge in [0.25, 0.3) is 0 Å². The van der Waals surface area contributed by atoms with E-state index >= 15 is 0 Å². The maximum Gasteiger partial charge on any atom is 0.124 e. The molecule has 6 N–H and O–H groups in total. The zero-order chi connectivity index (χ0) is 15.0. The largest absolute Gasteiger partial charge is 0.744 e. The highest BCUT2D eigenvalue weighted by Crippen LogP contribution is 2.09. The van der Waals surface area contributed by atoms with E-state index in [2.05, 4.69) is 5.73 Å². The second-order valence-electron chi connectivity index (χ2n) is 4.04. The number of hydrogen-bond donors (Lipinski definition) is 2. The summed E-state index contributed by atoms with van der Waals surface area (Å²) in [6.07, 6.45) is 0.986. The molecule has 0 amide bonds. The third kappa shape index (κ3) is 7.42. The number of phenols is 1. The summed E-state index contributed by atoms with van der Waals surface area (Å²) in [4.78, 5) is -0.185. The molecule has 0 atom stereocenters. The Kier molecular flexibility index (Phi) is 8.25. The summed E-state index contributed by atoms with van der Waals surface area (Å²) in [7, 11) is -4.25. The number of aromatic hydroxyl groups is 1. The van der Waals surface area contributed by atoms with Gasteiger partial charge in [-0.3, -0.25) is 0 Å². The van der Waals surface area contributed by atoms with E-state index in [0.717, 1.165) is 13.0 Å². The monoisotopic (exact) mass is 313 g/mol. The fourth-order valence-corrected chi connectivity index (χ4v) is 1.94. The van der Waals surface area contributed by atoms with Crippen molar-refractivity contribution in [2.75, 3.05) is 6.54 Å². The fraction of sp³-hybridized carbons (Fsp3) is 0.143. The Hall–Kier alpha value is -1.93. The minimum absolute atomic E-state index is 0. The average Bonchev–Trinajstić information content (AvgIpc) is 2.43. The van der Waals surface area contributed by atoms with Crippen molar-refractivity contribution in [2.24, 2.45) is 0 Å². The molecule has 116 valence electrons. The Morgan fingerprint density at radius 1 is 1.00 bits per heavy atom. The zero-order valence-corrected chi connectivity index (χ0v) is 12.2. The first-order valence-electron chi connectivity index (χ1n) is 6.01. The SMILES string of the molecule is O.O=S(=O)([O-])c1ccccc1.[NH3+]CCc1ccc(O)cc1. The minimum Gasteiger partial charge on any atom is -0.744 e. The van der Waals surface area contributed by atoms with Gasteiger partial charge in [-0.15, -0.1) is 0 Å².